The normalized spacial score (nSPS) is 15.8. The molecule has 1 aliphatic rings. The Hall–Kier alpha value is -2.48. The van der Waals surface area contributed by atoms with Crippen molar-refractivity contribution >= 4 is 38.5 Å². The van der Waals surface area contributed by atoms with Gasteiger partial charge in [-0.3, -0.25) is 0 Å². The lowest BCUT2D eigenvalue weighted by Gasteiger charge is -2.20. The number of hydrogen-bond donors (Lipinski definition) is 1. The van der Waals surface area contributed by atoms with Crippen LogP contribution in [0.5, 0.6) is 0 Å². The van der Waals surface area contributed by atoms with Gasteiger partial charge in [0.1, 0.15) is 0 Å². The van der Waals surface area contributed by atoms with Gasteiger partial charge < -0.3 is 5.11 Å². The lowest BCUT2D eigenvalue weighted by molar-refractivity contribution is 0.0699. The Kier molecular flexibility index (Phi) is 5.77. The number of fused-ring (bicyclic) bond motifs is 1. The van der Waals surface area contributed by atoms with Crippen molar-refractivity contribution in [2.75, 3.05) is 13.1 Å². The highest BCUT2D eigenvalue weighted by atomic mass is 35.5. The molecule has 0 aliphatic carbocycles. The van der Waals surface area contributed by atoms with E-state index in [2.05, 4.69) is 4.98 Å². The van der Waals surface area contributed by atoms with E-state index in [0.29, 0.717) is 40.3 Å². The van der Waals surface area contributed by atoms with Gasteiger partial charge in [0.05, 0.1) is 21.7 Å². The van der Waals surface area contributed by atoms with Crippen LogP contribution in [-0.2, 0) is 10.0 Å². The molecule has 1 aliphatic heterocycles. The summed E-state index contributed by atoms with van der Waals surface area (Å²) in [7, 11) is -3.69. The van der Waals surface area contributed by atoms with Crippen LogP contribution in [0.4, 0.5) is 0 Å². The smallest absolute Gasteiger partial charge is 0.336 e. The van der Waals surface area contributed by atoms with Crippen molar-refractivity contribution < 1.29 is 18.3 Å². The lowest BCUT2D eigenvalue weighted by Crippen LogP contribution is -2.31. The van der Waals surface area contributed by atoms with E-state index in [4.69, 9.17) is 11.6 Å². The third kappa shape index (κ3) is 4.05. The zero-order valence-corrected chi connectivity index (χ0v) is 17.8. The van der Waals surface area contributed by atoms with E-state index < -0.39 is 16.0 Å². The van der Waals surface area contributed by atoms with Crippen LogP contribution < -0.4 is 0 Å². The van der Waals surface area contributed by atoms with Crippen LogP contribution in [0.15, 0.2) is 53.4 Å². The Morgan fingerprint density at radius 1 is 1.00 bits per heavy atom. The van der Waals surface area contributed by atoms with Crippen molar-refractivity contribution in [1.29, 1.82) is 0 Å². The van der Waals surface area contributed by atoms with Crippen LogP contribution in [0.2, 0.25) is 5.02 Å². The molecule has 1 fully saturated rings. The monoisotopic (exact) mass is 444 g/mol. The molecule has 156 valence electrons. The SMILES string of the molecule is O=C(O)c1cc(-c2cccc(Cl)c2)nc2ccc(S(=O)(=O)N3CCCCCC3)cc12. The van der Waals surface area contributed by atoms with Crippen LogP contribution in [0.25, 0.3) is 22.2 Å². The first-order valence-corrected chi connectivity index (χ1v) is 11.6. The first-order chi connectivity index (χ1) is 14.4. The first-order valence-electron chi connectivity index (χ1n) is 9.80. The fraction of sp³-hybridized carbons (Fsp3) is 0.273. The summed E-state index contributed by atoms with van der Waals surface area (Å²) in [5, 5.41) is 10.6. The minimum absolute atomic E-state index is 0.00268. The molecule has 8 heteroatoms. The highest BCUT2D eigenvalue weighted by Gasteiger charge is 2.26. The number of benzene rings is 2. The quantitative estimate of drug-likeness (QED) is 0.623. The molecule has 30 heavy (non-hydrogen) atoms. The second-order valence-corrected chi connectivity index (χ2v) is 9.74. The number of rotatable bonds is 4. The average molecular weight is 445 g/mol. The number of aromatic nitrogens is 1. The van der Waals surface area contributed by atoms with Gasteiger partial charge in [0, 0.05) is 29.1 Å². The Morgan fingerprint density at radius 3 is 2.40 bits per heavy atom. The molecule has 0 atom stereocenters. The maximum absolute atomic E-state index is 13.1. The van der Waals surface area contributed by atoms with Crippen LogP contribution in [0.1, 0.15) is 36.0 Å². The second kappa shape index (κ2) is 8.34. The van der Waals surface area contributed by atoms with Crippen LogP contribution in [-0.4, -0.2) is 41.9 Å². The predicted octanol–water partition coefficient (Wildman–Crippen LogP) is 4.82. The van der Waals surface area contributed by atoms with Crippen molar-refractivity contribution in [2.24, 2.45) is 0 Å². The van der Waals surface area contributed by atoms with Gasteiger partial charge in [0.15, 0.2) is 0 Å². The van der Waals surface area contributed by atoms with E-state index in [1.54, 1.807) is 30.3 Å². The largest absolute Gasteiger partial charge is 0.478 e. The molecule has 0 spiro atoms. The van der Waals surface area contributed by atoms with E-state index in [0.717, 1.165) is 25.7 Å². The van der Waals surface area contributed by atoms with Crippen molar-refractivity contribution in [3.05, 3.63) is 59.1 Å². The molecule has 1 saturated heterocycles. The summed E-state index contributed by atoms with van der Waals surface area (Å²) in [6.07, 6.45) is 3.70. The highest BCUT2D eigenvalue weighted by Crippen LogP contribution is 2.29. The Labute approximate surface area is 180 Å². The number of aromatic carboxylic acids is 1. The fourth-order valence-electron chi connectivity index (χ4n) is 3.77. The van der Waals surface area contributed by atoms with Gasteiger partial charge in [-0.15, -0.1) is 0 Å². The third-order valence-electron chi connectivity index (χ3n) is 5.33. The zero-order valence-electron chi connectivity index (χ0n) is 16.2. The summed E-state index contributed by atoms with van der Waals surface area (Å²) in [5.74, 6) is -1.14. The number of hydrogen-bond acceptors (Lipinski definition) is 4. The van der Waals surface area contributed by atoms with Gasteiger partial charge in [-0.05, 0) is 49.2 Å². The molecule has 2 heterocycles. The molecule has 2 aromatic carbocycles. The van der Waals surface area contributed by atoms with E-state index >= 15 is 0 Å². The number of carboxylic acid groups (broad SMARTS) is 1. The maximum Gasteiger partial charge on any atom is 0.336 e. The Morgan fingerprint density at radius 2 is 1.73 bits per heavy atom. The predicted molar refractivity (Wildman–Crippen MR) is 116 cm³/mol. The number of pyridine rings is 1. The third-order valence-corrected chi connectivity index (χ3v) is 7.46. The number of sulfonamides is 1. The highest BCUT2D eigenvalue weighted by molar-refractivity contribution is 7.89. The molecule has 0 bridgehead atoms. The van der Waals surface area contributed by atoms with Gasteiger partial charge >= 0.3 is 5.97 Å². The fourth-order valence-corrected chi connectivity index (χ4v) is 5.50. The topological polar surface area (TPSA) is 87.6 Å². The number of carbonyl (C=O) groups is 1. The van der Waals surface area contributed by atoms with E-state index in [9.17, 15) is 18.3 Å². The van der Waals surface area contributed by atoms with Crippen molar-refractivity contribution in [2.45, 2.75) is 30.6 Å². The van der Waals surface area contributed by atoms with Crippen LogP contribution >= 0.6 is 11.6 Å². The van der Waals surface area contributed by atoms with Crippen molar-refractivity contribution in [3.63, 3.8) is 0 Å². The summed E-state index contributed by atoms with van der Waals surface area (Å²) >= 11 is 6.06. The molecule has 0 radical (unpaired) electrons. The molecule has 0 saturated carbocycles. The number of halogens is 1. The lowest BCUT2D eigenvalue weighted by atomic mass is 10.0. The molecular weight excluding hydrogens is 424 g/mol. The summed E-state index contributed by atoms with van der Waals surface area (Å²) in [4.78, 5) is 16.6. The maximum atomic E-state index is 13.1. The van der Waals surface area contributed by atoms with Gasteiger partial charge in [0.2, 0.25) is 10.0 Å². The van der Waals surface area contributed by atoms with Gasteiger partial charge in [-0.1, -0.05) is 36.6 Å². The zero-order chi connectivity index (χ0) is 21.3. The van der Waals surface area contributed by atoms with E-state index in [1.807, 2.05) is 0 Å². The molecular formula is C22H21ClN2O4S. The Bertz CT molecular complexity index is 1220. The molecule has 0 amide bonds. The number of nitrogens with zero attached hydrogens (tertiary/aromatic N) is 2. The minimum atomic E-state index is -3.69. The molecule has 6 nitrogen and oxygen atoms in total. The summed E-state index contributed by atoms with van der Waals surface area (Å²) in [6, 6.07) is 12.9. The van der Waals surface area contributed by atoms with Gasteiger partial charge in [-0.25, -0.2) is 18.2 Å². The van der Waals surface area contributed by atoms with Crippen molar-refractivity contribution in [3.8, 4) is 11.3 Å². The second-order valence-electron chi connectivity index (χ2n) is 7.37. The average Bonchev–Trinajstić information content (AvgIpc) is 3.02. The van der Waals surface area contributed by atoms with Crippen molar-refractivity contribution in [1.82, 2.24) is 9.29 Å². The van der Waals surface area contributed by atoms with E-state index in [1.165, 1.54) is 22.5 Å². The summed E-state index contributed by atoms with van der Waals surface area (Å²) in [5.41, 5.74) is 1.57. The molecule has 0 unspecified atom stereocenters. The van der Waals surface area contributed by atoms with Crippen LogP contribution in [0.3, 0.4) is 0 Å². The Balaban J connectivity index is 1.83. The molecule has 1 aromatic heterocycles. The standard InChI is InChI=1S/C22H21ClN2O4S/c23-16-7-5-6-15(12-16)21-14-19(22(26)27)18-13-17(8-9-20(18)24-21)30(28,29)25-10-3-1-2-4-11-25/h5-9,12-14H,1-4,10-11H2,(H,26,27). The van der Waals surface area contributed by atoms with Gasteiger partial charge in [0.25, 0.3) is 0 Å². The van der Waals surface area contributed by atoms with Crippen LogP contribution in [0, 0.1) is 0 Å². The summed E-state index contributed by atoms with van der Waals surface area (Å²) < 4.78 is 27.8. The molecule has 3 aromatic rings. The summed E-state index contributed by atoms with van der Waals surface area (Å²) in [6.45, 7) is 0.968. The number of carboxylic acids is 1. The van der Waals surface area contributed by atoms with E-state index in [-0.39, 0.29) is 10.5 Å². The molecule has 1 N–H and O–H groups in total. The first kappa shape index (κ1) is 20.8. The van der Waals surface area contributed by atoms with Gasteiger partial charge in [-0.2, -0.15) is 4.31 Å². The minimum Gasteiger partial charge on any atom is -0.478 e. The molecule has 4 rings (SSSR count).